The number of hydrogen-bond donors (Lipinski definition) is 1. The van der Waals surface area contributed by atoms with E-state index in [0.717, 1.165) is 17.7 Å². The van der Waals surface area contributed by atoms with Gasteiger partial charge >= 0.3 is 0 Å². The van der Waals surface area contributed by atoms with Crippen molar-refractivity contribution in [2.24, 2.45) is 0 Å². The molecule has 0 aromatic heterocycles. The zero-order valence-corrected chi connectivity index (χ0v) is 11.9. The molecule has 2 aromatic carbocycles. The Hall–Kier alpha value is -1.51. The lowest BCUT2D eigenvalue weighted by molar-refractivity contribution is 0.102. The van der Waals surface area contributed by atoms with Crippen molar-refractivity contribution >= 4 is 34.8 Å². The number of benzene rings is 2. The van der Waals surface area contributed by atoms with E-state index in [4.69, 9.17) is 23.2 Å². The second-order valence-corrected chi connectivity index (χ2v) is 4.88. The van der Waals surface area contributed by atoms with Crippen molar-refractivity contribution in [1.82, 2.24) is 0 Å². The number of nitrogens with one attached hydrogen (secondary N) is 1. The summed E-state index contributed by atoms with van der Waals surface area (Å²) in [5.41, 5.74) is 2.15. The topological polar surface area (TPSA) is 29.1 Å². The average molecular weight is 294 g/mol. The fourth-order valence-electron chi connectivity index (χ4n) is 1.85. The summed E-state index contributed by atoms with van der Waals surface area (Å²) in [6, 6.07) is 12.7. The summed E-state index contributed by atoms with van der Waals surface area (Å²) >= 11 is 12.0. The molecule has 0 fully saturated rings. The fourth-order valence-corrected chi connectivity index (χ4v) is 2.42. The highest BCUT2D eigenvalue weighted by Crippen LogP contribution is 2.26. The van der Waals surface area contributed by atoms with E-state index in [2.05, 4.69) is 5.32 Å². The van der Waals surface area contributed by atoms with Crippen molar-refractivity contribution in [1.29, 1.82) is 0 Å². The molecule has 0 radical (unpaired) electrons. The number of para-hydroxylation sites is 1. The highest BCUT2D eigenvalue weighted by atomic mass is 35.5. The summed E-state index contributed by atoms with van der Waals surface area (Å²) in [4.78, 5) is 12.2. The van der Waals surface area contributed by atoms with Crippen LogP contribution in [0.2, 0.25) is 10.0 Å². The van der Waals surface area contributed by atoms with Crippen LogP contribution in [-0.2, 0) is 6.42 Å². The van der Waals surface area contributed by atoms with Crippen LogP contribution in [0.5, 0.6) is 0 Å². The molecule has 0 aliphatic heterocycles. The van der Waals surface area contributed by atoms with Crippen LogP contribution >= 0.6 is 23.2 Å². The van der Waals surface area contributed by atoms with Crippen LogP contribution in [0.4, 0.5) is 5.69 Å². The summed E-state index contributed by atoms with van der Waals surface area (Å²) in [6.07, 6.45) is 0.840. The summed E-state index contributed by atoms with van der Waals surface area (Å²) in [7, 11) is 0. The number of halogens is 2. The van der Waals surface area contributed by atoms with E-state index in [1.165, 1.54) is 0 Å². The first-order valence-electron chi connectivity index (χ1n) is 5.96. The van der Waals surface area contributed by atoms with Gasteiger partial charge in [0.25, 0.3) is 5.91 Å². The van der Waals surface area contributed by atoms with Crippen molar-refractivity contribution in [3.05, 3.63) is 63.6 Å². The molecule has 19 heavy (non-hydrogen) atoms. The lowest BCUT2D eigenvalue weighted by Gasteiger charge is -2.11. The molecule has 0 saturated carbocycles. The average Bonchev–Trinajstić information content (AvgIpc) is 2.39. The van der Waals surface area contributed by atoms with Crippen LogP contribution in [0.25, 0.3) is 0 Å². The molecule has 0 aliphatic carbocycles. The molecule has 0 saturated heterocycles. The lowest BCUT2D eigenvalue weighted by atomic mass is 10.1. The van der Waals surface area contributed by atoms with Gasteiger partial charge in [-0.05, 0) is 30.2 Å². The Balaban J connectivity index is 2.31. The molecule has 0 bridgehead atoms. The third kappa shape index (κ3) is 3.09. The smallest absolute Gasteiger partial charge is 0.258 e. The fraction of sp³-hybridized carbons (Fsp3) is 0.133. The quantitative estimate of drug-likeness (QED) is 0.865. The van der Waals surface area contributed by atoms with Gasteiger partial charge in [-0.15, -0.1) is 0 Å². The van der Waals surface area contributed by atoms with Crippen molar-refractivity contribution in [2.75, 3.05) is 5.32 Å². The molecule has 2 aromatic rings. The summed E-state index contributed by atoms with van der Waals surface area (Å²) in [5, 5.41) is 3.54. The maximum Gasteiger partial charge on any atom is 0.258 e. The minimum absolute atomic E-state index is 0.295. The second kappa shape index (κ2) is 6.09. The van der Waals surface area contributed by atoms with Crippen molar-refractivity contribution in [3.63, 3.8) is 0 Å². The van der Waals surface area contributed by atoms with Gasteiger partial charge in [-0.1, -0.05) is 54.4 Å². The Bertz CT molecular complexity index is 591. The van der Waals surface area contributed by atoms with Crippen LogP contribution in [0, 0.1) is 0 Å². The molecule has 0 unspecified atom stereocenters. The standard InChI is InChI=1S/C15H13Cl2NO/c1-2-10-6-3-4-9-13(10)18-15(19)14-11(16)7-5-8-12(14)17/h3-9H,2H2,1H3,(H,18,19). The number of hydrogen-bond acceptors (Lipinski definition) is 1. The van der Waals surface area contributed by atoms with Gasteiger partial charge in [-0.2, -0.15) is 0 Å². The third-order valence-electron chi connectivity index (χ3n) is 2.84. The minimum Gasteiger partial charge on any atom is -0.322 e. The van der Waals surface area contributed by atoms with E-state index in [9.17, 15) is 4.79 Å². The third-order valence-corrected chi connectivity index (χ3v) is 3.47. The Morgan fingerprint density at radius 2 is 1.68 bits per heavy atom. The molecule has 1 amide bonds. The van der Waals surface area contributed by atoms with E-state index in [-0.39, 0.29) is 5.91 Å². The monoisotopic (exact) mass is 293 g/mol. The molecule has 2 rings (SSSR count). The Kier molecular flexibility index (Phi) is 4.46. The first-order chi connectivity index (χ1) is 9.13. The van der Waals surface area contributed by atoms with Crippen LogP contribution in [-0.4, -0.2) is 5.91 Å². The first kappa shape index (κ1) is 13.9. The number of anilines is 1. The van der Waals surface area contributed by atoms with E-state index in [1.807, 2.05) is 31.2 Å². The van der Waals surface area contributed by atoms with Crippen LogP contribution in [0.1, 0.15) is 22.8 Å². The number of carbonyl (C=O) groups is 1. The summed E-state index contributed by atoms with van der Waals surface area (Å²) in [5.74, 6) is -0.295. The summed E-state index contributed by atoms with van der Waals surface area (Å²) in [6.45, 7) is 2.04. The Morgan fingerprint density at radius 3 is 2.32 bits per heavy atom. The van der Waals surface area contributed by atoms with Crippen molar-refractivity contribution in [3.8, 4) is 0 Å². The molecular weight excluding hydrogens is 281 g/mol. The highest BCUT2D eigenvalue weighted by molar-refractivity contribution is 6.40. The van der Waals surface area contributed by atoms with Gasteiger partial charge in [0.15, 0.2) is 0 Å². The molecule has 1 N–H and O–H groups in total. The molecule has 0 spiro atoms. The molecular formula is C15H13Cl2NO. The Labute approximate surface area is 122 Å². The molecule has 0 atom stereocenters. The highest BCUT2D eigenvalue weighted by Gasteiger charge is 2.15. The molecule has 2 nitrogen and oxygen atoms in total. The number of carbonyl (C=O) groups excluding carboxylic acids is 1. The molecule has 4 heteroatoms. The SMILES string of the molecule is CCc1ccccc1NC(=O)c1c(Cl)cccc1Cl. The van der Waals surface area contributed by atoms with E-state index in [1.54, 1.807) is 18.2 Å². The predicted molar refractivity (Wildman–Crippen MR) is 80.2 cm³/mol. The maximum atomic E-state index is 12.2. The van der Waals surface area contributed by atoms with Gasteiger partial charge in [0.2, 0.25) is 0 Å². The Morgan fingerprint density at radius 1 is 1.05 bits per heavy atom. The normalized spacial score (nSPS) is 10.3. The van der Waals surface area contributed by atoms with Gasteiger partial charge in [0, 0.05) is 5.69 Å². The van der Waals surface area contributed by atoms with E-state index in [0.29, 0.717) is 15.6 Å². The van der Waals surface area contributed by atoms with Gasteiger partial charge in [-0.3, -0.25) is 4.79 Å². The van der Waals surface area contributed by atoms with E-state index >= 15 is 0 Å². The zero-order valence-electron chi connectivity index (χ0n) is 10.4. The van der Waals surface area contributed by atoms with Gasteiger partial charge in [-0.25, -0.2) is 0 Å². The van der Waals surface area contributed by atoms with E-state index < -0.39 is 0 Å². The molecule has 0 aliphatic rings. The van der Waals surface area contributed by atoms with Gasteiger partial charge in [0.05, 0.1) is 15.6 Å². The van der Waals surface area contributed by atoms with Crippen molar-refractivity contribution < 1.29 is 4.79 Å². The summed E-state index contributed by atoms with van der Waals surface area (Å²) < 4.78 is 0. The zero-order chi connectivity index (χ0) is 13.8. The number of rotatable bonds is 3. The lowest BCUT2D eigenvalue weighted by Crippen LogP contribution is -2.14. The van der Waals surface area contributed by atoms with Gasteiger partial charge in [0.1, 0.15) is 0 Å². The van der Waals surface area contributed by atoms with Gasteiger partial charge < -0.3 is 5.32 Å². The van der Waals surface area contributed by atoms with Crippen LogP contribution < -0.4 is 5.32 Å². The maximum absolute atomic E-state index is 12.2. The molecule has 0 heterocycles. The predicted octanol–water partition coefficient (Wildman–Crippen LogP) is 4.81. The number of aryl methyl sites for hydroxylation is 1. The largest absolute Gasteiger partial charge is 0.322 e. The second-order valence-electron chi connectivity index (χ2n) is 4.06. The van der Waals surface area contributed by atoms with Crippen LogP contribution in [0.3, 0.4) is 0 Å². The number of amides is 1. The van der Waals surface area contributed by atoms with Crippen molar-refractivity contribution in [2.45, 2.75) is 13.3 Å². The first-order valence-corrected chi connectivity index (χ1v) is 6.72. The minimum atomic E-state index is -0.295. The van der Waals surface area contributed by atoms with Crippen LogP contribution in [0.15, 0.2) is 42.5 Å². The molecule has 98 valence electrons.